The molecule has 27 heavy (non-hydrogen) atoms. The van der Waals surface area contributed by atoms with E-state index in [9.17, 15) is 14.7 Å². The molecule has 5 nitrogen and oxygen atoms in total. The maximum absolute atomic E-state index is 12.1. The minimum absolute atomic E-state index is 0.210. The van der Waals surface area contributed by atoms with Crippen molar-refractivity contribution in [2.75, 3.05) is 6.61 Å². The Kier molecular flexibility index (Phi) is 8.78. The van der Waals surface area contributed by atoms with Crippen LogP contribution >= 0.6 is 0 Å². The number of carbonyl (C=O) groups excluding carboxylic acids is 1. The molecule has 0 aromatic heterocycles. The lowest BCUT2D eigenvalue weighted by Crippen LogP contribution is -2.42. The zero-order valence-corrected chi connectivity index (χ0v) is 15.7. The first-order valence-electron chi connectivity index (χ1n) is 9.71. The normalized spacial score (nSPS) is 12.0. The SMILES string of the molecule is O=C(CCCCCCCCO)NC(Cc1ccc2ccccc2c1)C(=O)O. The first-order valence-corrected chi connectivity index (χ1v) is 9.71. The monoisotopic (exact) mass is 371 g/mol. The van der Waals surface area contributed by atoms with E-state index >= 15 is 0 Å². The number of carboxylic acids is 1. The number of carboxylic acid groups (broad SMARTS) is 1. The number of unbranched alkanes of at least 4 members (excludes halogenated alkanes) is 5. The highest BCUT2D eigenvalue weighted by Gasteiger charge is 2.20. The van der Waals surface area contributed by atoms with Crippen molar-refractivity contribution in [2.24, 2.45) is 0 Å². The first-order chi connectivity index (χ1) is 13.1. The van der Waals surface area contributed by atoms with Gasteiger partial charge in [-0.2, -0.15) is 0 Å². The average molecular weight is 371 g/mol. The highest BCUT2D eigenvalue weighted by molar-refractivity contribution is 5.85. The van der Waals surface area contributed by atoms with E-state index in [0.29, 0.717) is 6.42 Å². The number of carbonyl (C=O) groups is 2. The van der Waals surface area contributed by atoms with E-state index in [1.54, 1.807) is 0 Å². The number of aliphatic hydroxyl groups excluding tert-OH is 1. The van der Waals surface area contributed by atoms with Crippen molar-refractivity contribution >= 4 is 22.6 Å². The van der Waals surface area contributed by atoms with E-state index in [0.717, 1.165) is 54.9 Å². The molecule has 0 aliphatic carbocycles. The van der Waals surface area contributed by atoms with Crippen molar-refractivity contribution in [2.45, 2.75) is 57.4 Å². The van der Waals surface area contributed by atoms with Gasteiger partial charge in [-0.25, -0.2) is 4.79 Å². The van der Waals surface area contributed by atoms with Gasteiger partial charge in [0.05, 0.1) is 0 Å². The summed E-state index contributed by atoms with van der Waals surface area (Å²) < 4.78 is 0. The summed E-state index contributed by atoms with van der Waals surface area (Å²) in [6, 6.07) is 12.9. The second kappa shape index (κ2) is 11.3. The van der Waals surface area contributed by atoms with Crippen LogP contribution in [-0.4, -0.2) is 34.7 Å². The zero-order chi connectivity index (χ0) is 19.5. The molecule has 2 aromatic carbocycles. The number of aliphatic hydroxyl groups is 1. The van der Waals surface area contributed by atoms with E-state index < -0.39 is 12.0 Å². The number of rotatable bonds is 12. The number of fused-ring (bicyclic) bond motifs is 1. The fourth-order valence-electron chi connectivity index (χ4n) is 3.17. The second-order valence-electron chi connectivity index (χ2n) is 6.94. The molecule has 0 saturated carbocycles. The Morgan fingerprint density at radius 2 is 1.56 bits per heavy atom. The smallest absolute Gasteiger partial charge is 0.326 e. The molecule has 0 saturated heterocycles. The number of benzene rings is 2. The maximum Gasteiger partial charge on any atom is 0.326 e. The molecule has 0 spiro atoms. The summed E-state index contributed by atoms with van der Waals surface area (Å²) in [5.41, 5.74) is 0.894. The standard InChI is InChI=1S/C22H29NO4/c24-14-8-4-2-1-3-5-11-21(25)23-20(22(26)27)16-17-12-13-18-9-6-7-10-19(18)15-17/h6-7,9-10,12-13,15,20,24H,1-5,8,11,14,16H2,(H,23,25)(H,26,27). The molecule has 1 amide bonds. The van der Waals surface area contributed by atoms with Crippen LogP contribution in [0.25, 0.3) is 10.8 Å². The van der Waals surface area contributed by atoms with Crippen molar-refractivity contribution in [3.8, 4) is 0 Å². The van der Waals surface area contributed by atoms with Gasteiger partial charge in [-0.1, -0.05) is 68.1 Å². The van der Waals surface area contributed by atoms with Gasteiger partial charge in [0, 0.05) is 19.4 Å². The van der Waals surface area contributed by atoms with Crippen molar-refractivity contribution in [3.63, 3.8) is 0 Å². The summed E-state index contributed by atoms with van der Waals surface area (Å²) in [6.45, 7) is 0.232. The van der Waals surface area contributed by atoms with Gasteiger partial charge in [-0.05, 0) is 29.2 Å². The van der Waals surface area contributed by atoms with Gasteiger partial charge in [0.15, 0.2) is 0 Å². The van der Waals surface area contributed by atoms with Crippen LogP contribution in [0.4, 0.5) is 0 Å². The Labute approximate surface area is 160 Å². The first kappa shape index (κ1) is 20.9. The van der Waals surface area contributed by atoms with Crippen LogP contribution in [0.2, 0.25) is 0 Å². The highest BCUT2D eigenvalue weighted by atomic mass is 16.4. The number of amides is 1. The van der Waals surface area contributed by atoms with Crippen LogP contribution in [-0.2, 0) is 16.0 Å². The fraction of sp³-hybridized carbons (Fsp3) is 0.455. The van der Waals surface area contributed by atoms with Crippen LogP contribution in [0.5, 0.6) is 0 Å². The van der Waals surface area contributed by atoms with E-state index in [2.05, 4.69) is 5.32 Å². The summed E-state index contributed by atoms with van der Waals surface area (Å²) in [6.07, 6.45) is 6.25. The molecule has 0 aliphatic heterocycles. The Morgan fingerprint density at radius 1 is 0.889 bits per heavy atom. The van der Waals surface area contributed by atoms with Crippen LogP contribution in [0.15, 0.2) is 42.5 Å². The quantitative estimate of drug-likeness (QED) is 0.497. The van der Waals surface area contributed by atoms with E-state index in [1.807, 2.05) is 42.5 Å². The van der Waals surface area contributed by atoms with Gasteiger partial charge in [-0.15, -0.1) is 0 Å². The van der Waals surface area contributed by atoms with E-state index in [4.69, 9.17) is 5.11 Å². The molecule has 2 aromatic rings. The summed E-state index contributed by atoms with van der Waals surface area (Å²) in [7, 11) is 0. The molecule has 0 heterocycles. The molecule has 146 valence electrons. The molecule has 5 heteroatoms. The summed E-state index contributed by atoms with van der Waals surface area (Å²) >= 11 is 0. The molecule has 0 bridgehead atoms. The van der Waals surface area contributed by atoms with Gasteiger partial charge in [0.25, 0.3) is 0 Å². The Balaban J connectivity index is 1.80. The minimum Gasteiger partial charge on any atom is -0.480 e. The molecular weight excluding hydrogens is 342 g/mol. The average Bonchev–Trinajstić information content (AvgIpc) is 2.66. The Hall–Kier alpha value is -2.40. The van der Waals surface area contributed by atoms with Crippen molar-refractivity contribution in [1.82, 2.24) is 5.32 Å². The van der Waals surface area contributed by atoms with Crippen LogP contribution in [0, 0.1) is 0 Å². The predicted octanol–water partition coefficient (Wildman–Crippen LogP) is 3.67. The predicted molar refractivity (Wildman–Crippen MR) is 107 cm³/mol. The third-order valence-electron chi connectivity index (χ3n) is 4.70. The van der Waals surface area contributed by atoms with E-state index in [-0.39, 0.29) is 18.9 Å². The summed E-state index contributed by atoms with van der Waals surface area (Å²) in [5, 5.41) is 23.0. The fourth-order valence-corrected chi connectivity index (χ4v) is 3.17. The molecule has 1 atom stereocenters. The maximum atomic E-state index is 12.1. The van der Waals surface area contributed by atoms with Crippen LogP contribution in [0.1, 0.15) is 50.5 Å². The largest absolute Gasteiger partial charge is 0.480 e. The van der Waals surface area contributed by atoms with Gasteiger partial charge in [0.1, 0.15) is 6.04 Å². The van der Waals surface area contributed by atoms with Gasteiger partial charge < -0.3 is 15.5 Å². The van der Waals surface area contributed by atoms with Gasteiger partial charge in [0.2, 0.25) is 5.91 Å². The number of hydrogen-bond acceptors (Lipinski definition) is 3. The van der Waals surface area contributed by atoms with Gasteiger partial charge >= 0.3 is 5.97 Å². The summed E-state index contributed by atoms with van der Waals surface area (Å²) in [5.74, 6) is -1.22. The van der Waals surface area contributed by atoms with Crippen molar-refractivity contribution in [3.05, 3.63) is 48.0 Å². The highest BCUT2D eigenvalue weighted by Crippen LogP contribution is 2.17. The molecule has 0 radical (unpaired) electrons. The number of aliphatic carboxylic acids is 1. The van der Waals surface area contributed by atoms with Crippen molar-refractivity contribution in [1.29, 1.82) is 0 Å². The lowest BCUT2D eigenvalue weighted by Gasteiger charge is -2.15. The molecule has 2 rings (SSSR count). The Bertz CT molecular complexity index is 744. The lowest BCUT2D eigenvalue weighted by atomic mass is 10.0. The molecule has 0 fully saturated rings. The Morgan fingerprint density at radius 3 is 2.26 bits per heavy atom. The lowest BCUT2D eigenvalue weighted by molar-refractivity contribution is -0.141. The van der Waals surface area contributed by atoms with E-state index in [1.165, 1.54) is 0 Å². The topological polar surface area (TPSA) is 86.6 Å². The van der Waals surface area contributed by atoms with Gasteiger partial charge in [-0.3, -0.25) is 4.79 Å². The number of hydrogen-bond donors (Lipinski definition) is 3. The zero-order valence-electron chi connectivity index (χ0n) is 15.7. The molecule has 3 N–H and O–H groups in total. The molecular formula is C22H29NO4. The van der Waals surface area contributed by atoms with Crippen LogP contribution in [0.3, 0.4) is 0 Å². The minimum atomic E-state index is -1.01. The number of nitrogens with one attached hydrogen (secondary N) is 1. The van der Waals surface area contributed by atoms with Crippen LogP contribution < -0.4 is 5.32 Å². The second-order valence-corrected chi connectivity index (χ2v) is 6.94. The molecule has 1 unspecified atom stereocenters. The summed E-state index contributed by atoms with van der Waals surface area (Å²) in [4.78, 5) is 23.6. The van der Waals surface area contributed by atoms with Crippen molar-refractivity contribution < 1.29 is 19.8 Å². The third-order valence-corrected chi connectivity index (χ3v) is 4.70. The molecule has 0 aliphatic rings. The third kappa shape index (κ3) is 7.39.